The van der Waals surface area contributed by atoms with E-state index in [9.17, 15) is 13.2 Å². The topological polar surface area (TPSA) is 81.0 Å². The molecule has 0 aliphatic rings. The summed E-state index contributed by atoms with van der Waals surface area (Å²) in [5.74, 6) is 0.241. The zero-order valence-electron chi connectivity index (χ0n) is 19.0. The molecule has 0 fully saturated rings. The highest BCUT2D eigenvalue weighted by molar-refractivity contribution is 7.89. The van der Waals surface area contributed by atoms with Gasteiger partial charge >= 0.3 is 0 Å². The minimum Gasteiger partial charge on any atom is -0.492 e. The van der Waals surface area contributed by atoms with Crippen molar-refractivity contribution in [3.8, 4) is 5.75 Å². The first-order chi connectivity index (χ1) is 16.4. The maximum atomic E-state index is 12.9. The molecular weight excluding hydrogens is 470 g/mol. The minimum atomic E-state index is -3.75. The van der Waals surface area contributed by atoms with Crippen LogP contribution < -0.4 is 9.54 Å². The van der Waals surface area contributed by atoms with Crippen molar-refractivity contribution >= 4 is 37.5 Å². The molecule has 3 aromatic rings. The molecule has 0 saturated carbocycles. The average molecular weight is 498 g/mol. The number of amides is 1. The molecule has 1 amide bonds. The van der Waals surface area contributed by atoms with Crippen LogP contribution in [-0.2, 0) is 16.6 Å². The first-order valence-corrected chi connectivity index (χ1v) is 12.9. The fourth-order valence-corrected chi connectivity index (χ4v) is 5.82. The molecule has 0 aliphatic heterocycles. The van der Waals surface area contributed by atoms with Crippen LogP contribution >= 0.6 is 11.3 Å². The summed E-state index contributed by atoms with van der Waals surface area (Å²) in [5, 5.41) is 0. The molecule has 0 saturated heterocycles. The fourth-order valence-electron chi connectivity index (χ4n) is 3.38. The van der Waals surface area contributed by atoms with Crippen LogP contribution in [0.4, 0.5) is 0 Å². The van der Waals surface area contributed by atoms with Crippen LogP contribution in [0.3, 0.4) is 0 Å². The molecule has 0 N–H and O–H groups in total. The Morgan fingerprint density at radius 3 is 2.35 bits per heavy atom. The number of hydrogen-bond acceptors (Lipinski definition) is 5. The molecule has 3 rings (SSSR count). The lowest BCUT2D eigenvalue weighted by molar-refractivity contribution is 0.0997. The number of hydrogen-bond donors (Lipinski definition) is 0. The number of rotatable bonds is 11. The lowest BCUT2D eigenvalue weighted by Gasteiger charge is -2.19. The van der Waals surface area contributed by atoms with E-state index < -0.39 is 15.9 Å². The summed E-state index contributed by atoms with van der Waals surface area (Å²) in [6.45, 7) is 14.2. The van der Waals surface area contributed by atoms with Crippen molar-refractivity contribution in [3.63, 3.8) is 0 Å². The Balaban J connectivity index is 2.00. The maximum Gasteiger partial charge on any atom is 0.279 e. The van der Waals surface area contributed by atoms with Crippen LogP contribution in [0.15, 0.2) is 90.3 Å². The Kier molecular flexibility index (Phi) is 8.38. The first kappa shape index (κ1) is 25.4. The van der Waals surface area contributed by atoms with Gasteiger partial charge in [-0.15, -0.1) is 19.7 Å². The standard InChI is InChI=1S/C25H27N3O4S2/c1-5-16-27(17-6-2)34(30,31)20-14-12-19(13-15-20)24(29)26-25-28(18-7-3)23-21(32-8-4)10-9-11-22(23)33-25/h5-7,9-15H,1-3,8,16-18H2,4H3. The number of benzene rings is 2. The predicted molar refractivity (Wildman–Crippen MR) is 137 cm³/mol. The van der Waals surface area contributed by atoms with Crippen molar-refractivity contribution in [3.05, 3.63) is 90.8 Å². The van der Waals surface area contributed by atoms with Crippen LogP contribution in [0.2, 0.25) is 0 Å². The van der Waals surface area contributed by atoms with Crippen molar-refractivity contribution in [2.75, 3.05) is 19.7 Å². The molecule has 7 nitrogen and oxygen atoms in total. The van der Waals surface area contributed by atoms with Gasteiger partial charge < -0.3 is 9.30 Å². The molecule has 2 aromatic carbocycles. The molecule has 34 heavy (non-hydrogen) atoms. The molecular formula is C25H27N3O4S2. The molecule has 9 heteroatoms. The van der Waals surface area contributed by atoms with E-state index in [0.29, 0.717) is 23.7 Å². The van der Waals surface area contributed by atoms with E-state index in [0.717, 1.165) is 10.2 Å². The highest BCUT2D eigenvalue weighted by Gasteiger charge is 2.22. The lowest BCUT2D eigenvalue weighted by atomic mass is 10.2. The van der Waals surface area contributed by atoms with E-state index >= 15 is 0 Å². The van der Waals surface area contributed by atoms with Crippen molar-refractivity contribution < 1.29 is 17.9 Å². The third kappa shape index (κ3) is 5.27. The van der Waals surface area contributed by atoms with Gasteiger partial charge in [-0.1, -0.05) is 35.6 Å². The summed E-state index contributed by atoms with van der Waals surface area (Å²) in [4.78, 5) is 17.9. The fraction of sp³-hybridized carbons (Fsp3) is 0.200. The van der Waals surface area contributed by atoms with Gasteiger partial charge in [0.15, 0.2) is 4.80 Å². The Bertz CT molecular complexity index is 1370. The second kappa shape index (κ2) is 11.2. The van der Waals surface area contributed by atoms with Crippen LogP contribution in [0.1, 0.15) is 17.3 Å². The largest absolute Gasteiger partial charge is 0.492 e. The van der Waals surface area contributed by atoms with Gasteiger partial charge in [0.1, 0.15) is 11.3 Å². The van der Waals surface area contributed by atoms with Crippen molar-refractivity contribution in [1.29, 1.82) is 0 Å². The van der Waals surface area contributed by atoms with E-state index in [2.05, 4.69) is 24.7 Å². The summed E-state index contributed by atoms with van der Waals surface area (Å²) in [6.07, 6.45) is 4.76. The van der Waals surface area contributed by atoms with Gasteiger partial charge in [-0.05, 0) is 43.3 Å². The Morgan fingerprint density at radius 2 is 1.76 bits per heavy atom. The molecule has 0 bridgehead atoms. The van der Waals surface area contributed by atoms with Gasteiger partial charge in [0.05, 0.1) is 16.2 Å². The smallest absolute Gasteiger partial charge is 0.279 e. The third-order valence-corrected chi connectivity index (χ3v) is 7.77. The van der Waals surface area contributed by atoms with Gasteiger partial charge in [0.2, 0.25) is 10.0 Å². The zero-order chi connectivity index (χ0) is 24.7. The Hall–Kier alpha value is -3.27. The van der Waals surface area contributed by atoms with Crippen LogP contribution in [0.25, 0.3) is 10.2 Å². The van der Waals surface area contributed by atoms with E-state index in [1.165, 1.54) is 52.1 Å². The number of carbonyl (C=O) groups excluding carboxylic acids is 1. The van der Waals surface area contributed by atoms with Crippen LogP contribution in [0.5, 0.6) is 5.75 Å². The molecule has 1 aromatic heterocycles. The lowest BCUT2D eigenvalue weighted by Crippen LogP contribution is -2.31. The molecule has 0 atom stereocenters. The quantitative estimate of drug-likeness (QED) is 0.368. The van der Waals surface area contributed by atoms with Gasteiger partial charge in [-0.3, -0.25) is 4.79 Å². The average Bonchev–Trinajstić information content (AvgIpc) is 3.17. The highest BCUT2D eigenvalue weighted by atomic mass is 32.2. The number of sulfonamides is 1. The van der Waals surface area contributed by atoms with Gasteiger partial charge in [-0.25, -0.2) is 8.42 Å². The van der Waals surface area contributed by atoms with Gasteiger partial charge in [0.25, 0.3) is 5.91 Å². The van der Waals surface area contributed by atoms with E-state index in [-0.39, 0.29) is 23.5 Å². The van der Waals surface area contributed by atoms with Gasteiger partial charge in [0, 0.05) is 25.2 Å². The SMILES string of the molecule is C=CCN(CC=C)S(=O)(=O)c1ccc(C(=O)N=c2sc3cccc(OCC)c3n2CC=C)cc1. The summed E-state index contributed by atoms with van der Waals surface area (Å²) < 4.78 is 35.6. The second-order valence-corrected chi connectivity index (χ2v) is 10.1. The number of fused-ring (bicyclic) bond motifs is 1. The van der Waals surface area contributed by atoms with E-state index in [1.807, 2.05) is 29.7 Å². The number of allylic oxidation sites excluding steroid dienone is 1. The Labute approximate surface area is 203 Å². The van der Waals surface area contributed by atoms with Crippen molar-refractivity contribution in [1.82, 2.24) is 8.87 Å². The molecule has 0 radical (unpaired) electrons. The molecule has 178 valence electrons. The monoisotopic (exact) mass is 497 g/mol. The molecule has 0 unspecified atom stereocenters. The summed E-state index contributed by atoms with van der Waals surface area (Å²) in [7, 11) is -3.75. The first-order valence-electron chi connectivity index (χ1n) is 10.6. The third-order valence-electron chi connectivity index (χ3n) is 4.88. The summed E-state index contributed by atoms with van der Waals surface area (Å²) in [6, 6.07) is 11.5. The van der Waals surface area contributed by atoms with Crippen LogP contribution in [-0.4, -0.2) is 42.9 Å². The van der Waals surface area contributed by atoms with Crippen molar-refractivity contribution in [2.45, 2.75) is 18.4 Å². The van der Waals surface area contributed by atoms with Gasteiger partial charge in [-0.2, -0.15) is 9.30 Å². The minimum absolute atomic E-state index is 0.0812. The second-order valence-electron chi connectivity index (χ2n) is 7.16. The van der Waals surface area contributed by atoms with E-state index in [1.54, 1.807) is 6.08 Å². The highest BCUT2D eigenvalue weighted by Crippen LogP contribution is 2.27. The number of carbonyl (C=O) groups is 1. The van der Waals surface area contributed by atoms with Crippen LogP contribution in [0, 0.1) is 0 Å². The Morgan fingerprint density at radius 1 is 1.09 bits per heavy atom. The predicted octanol–water partition coefficient (Wildman–Crippen LogP) is 4.39. The maximum absolute atomic E-state index is 12.9. The van der Waals surface area contributed by atoms with E-state index in [4.69, 9.17) is 4.74 Å². The molecule has 0 aliphatic carbocycles. The summed E-state index contributed by atoms with van der Waals surface area (Å²) >= 11 is 1.38. The number of para-hydroxylation sites is 1. The number of aromatic nitrogens is 1. The van der Waals surface area contributed by atoms with Crippen molar-refractivity contribution in [2.24, 2.45) is 4.99 Å². The number of nitrogens with zero attached hydrogens (tertiary/aromatic N) is 3. The normalized spacial score (nSPS) is 12.1. The number of thiazole rings is 1. The number of ether oxygens (including phenoxy) is 1. The molecule has 1 heterocycles. The summed E-state index contributed by atoms with van der Waals surface area (Å²) in [5.41, 5.74) is 1.14. The molecule has 0 spiro atoms. The zero-order valence-corrected chi connectivity index (χ0v) is 20.6.